The Balaban J connectivity index is 1.71. The number of hydrogen-bond donors (Lipinski definition) is 1. The second-order valence-corrected chi connectivity index (χ2v) is 6.36. The molecule has 7 heteroatoms. The molecule has 1 aromatic heterocycles. The van der Waals surface area contributed by atoms with Gasteiger partial charge in [0.15, 0.2) is 5.82 Å². The summed E-state index contributed by atoms with van der Waals surface area (Å²) in [6.07, 6.45) is 2.99. The van der Waals surface area contributed by atoms with Crippen molar-refractivity contribution in [2.75, 3.05) is 18.6 Å². The number of rotatable bonds is 4. The molecule has 2 atom stereocenters. The number of aromatic amines is 1. The molecule has 2 aromatic rings. The third kappa shape index (κ3) is 2.53. The van der Waals surface area contributed by atoms with Crippen LogP contribution in [0.3, 0.4) is 0 Å². The minimum Gasteiger partial charge on any atom is -0.380 e. The monoisotopic (exact) mass is 327 g/mol. The van der Waals surface area contributed by atoms with Crippen LogP contribution >= 0.6 is 0 Å². The number of benzene rings is 1. The van der Waals surface area contributed by atoms with Crippen LogP contribution in [0.15, 0.2) is 18.2 Å². The second-order valence-electron chi connectivity index (χ2n) is 6.36. The van der Waals surface area contributed by atoms with Crippen LogP contribution in [0.5, 0.6) is 0 Å². The van der Waals surface area contributed by atoms with E-state index in [4.69, 9.17) is 4.74 Å². The molecule has 1 N–H and O–H groups in total. The van der Waals surface area contributed by atoms with E-state index in [1.54, 1.807) is 19.2 Å². The average Bonchev–Trinajstić information content (AvgIpc) is 3.17. The second kappa shape index (κ2) is 5.87. The van der Waals surface area contributed by atoms with Crippen LogP contribution in [0.1, 0.15) is 48.4 Å². The molecule has 0 radical (unpaired) electrons. The van der Waals surface area contributed by atoms with Gasteiger partial charge in [-0.05, 0) is 25.0 Å². The largest absolute Gasteiger partial charge is 0.380 e. The van der Waals surface area contributed by atoms with Crippen molar-refractivity contribution in [2.45, 2.75) is 37.3 Å². The molecule has 1 aliphatic carbocycles. The number of aromatic nitrogens is 3. The number of H-pyrrole nitrogens is 1. The Kier molecular flexibility index (Phi) is 3.69. The molecule has 0 unspecified atom stereocenters. The lowest BCUT2D eigenvalue weighted by Crippen LogP contribution is -2.26. The summed E-state index contributed by atoms with van der Waals surface area (Å²) < 4.78 is 19.5. The van der Waals surface area contributed by atoms with Crippen LogP contribution in [0.4, 0.5) is 10.1 Å². The van der Waals surface area contributed by atoms with Crippen LogP contribution < -0.4 is 4.90 Å². The van der Waals surface area contributed by atoms with E-state index in [2.05, 4.69) is 15.2 Å². The summed E-state index contributed by atoms with van der Waals surface area (Å²) in [5.74, 6) is 1.56. The van der Waals surface area contributed by atoms with Gasteiger partial charge < -0.3 is 9.64 Å². The maximum absolute atomic E-state index is 14.0. The maximum Gasteiger partial charge on any atom is 0.153 e. The summed E-state index contributed by atoms with van der Waals surface area (Å²) in [5.41, 5.74) is 0.632. The Morgan fingerprint density at radius 1 is 1.42 bits per heavy atom. The van der Waals surface area contributed by atoms with E-state index in [0.29, 0.717) is 18.2 Å². The van der Waals surface area contributed by atoms with Gasteiger partial charge in [0.1, 0.15) is 23.3 Å². The summed E-state index contributed by atoms with van der Waals surface area (Å²) in [6, 6.07) is 6.57. The lowest BCUT2D eigenvalue weighted by Gasteiger charge is -2.25. The lowest BCUT2D eigenvalue weighted by molar-refractivity contribution is 0.118. The number of nitrogens with zero attached hydrogens (tertiary/aromatic N) is 4. The molecule has 1 saturated carbocycles. The van der Waals surface area contributed by atoms with Crippen molar-refractivity contribution in [1.29, 1.82) is 5.26 Å². The van der Waals surface area contributed by atoms with Gasteiger partial charge in [0.2, 0.25) is 0 Å². The molecular formula is C17H18FN5O. The number of hydrogen-bond acceptors (Lipinski definition) is 5. The predicted molar refractivity (Wildman–Crippen MR) is 85.0 cm³/mol. The van der Waals surface area contributed by atoms with E-state index >= 15 is 0 Å². The van der Waals surface area contributed by atoms with E-state index in [1.165, 1.54) is 6.07 Å². The van der Waals surface area contributed by atoms with E-state index < -0.39 is 5.82 Å². The van der Waals surface area contributed by atoms with Crippen molar-refractivity contribution in [3.05, 3.63) is 41.2 Å². The van der Waals surface area contributed by atoms with Crippen LogP contribution in [0.2, 0.25) is 0 Å². The fraction of sp³-hybridized carbons (Fsp3) is 0.471. The number of nitrogens with one attached hydrogen (secondary N) is 1. The summed E-state index contributed by atoms with van der Waals surface area (Å²) in [4.78, 5) is 6.63. The first-order valence-corrected chi connectivity index (χ1v) is 8.11. The van der Waals surface area contributed by atoms with Gasteiger partial charge in [-0.3, -0.25) is 5.10 Å². The quantitative estimate of drug-likeness (QED) is 0.934. The lowest BCUT2D eigenvalue weighted by atomic mass is 10.1. The summed E-state index contributed by atoms with van der Waals surface area (Å²) in [7, 11) is 1.66. The topological polar surface area (TPSA) is 77.8 Å². The first kappa shape index (κ1) is 15.1. The minimum absolute atomic E-state index is 0.000662. The molecule has 2 heterocycles. The number of anilines is 1. The van der Waals surface area contributed by atoms with Crippen molar-refractivity contribution in [1.82, 2.24) is 15.2 Å². The standard InChI is InChI=1S/C17H18FN5O/c1-24-11-7-15(17-20-16(21-22-17)10-5-6-10)23(9-11)14-4-2-3-13(18)12(14)8-19/h2-4,10-11,15H,5-7,9H2,1H3,(H,20,21,22)/t11-,15+/m1/s1. The number of methoxy groups -OCH3 is 1. The Morgan fingerprint density at radius 3 is 2.96 bits per heavy atom. The third-order valence-corrected chi connectivity index (χ3v) is 4.79. The highest BCUT2D eigenvalue weighted by Gasteiger charge is 2.38. The molecule has 1 aliphatic heterocycles. The van der Waals surface area contributed by atoms with Gasteiger partial charge >= 0.3 is 0 Å². The van der Waals surface area contributed by atoms with Gasteiger partial charge in [-0.15, -0.1) is 0 Å². The molecular weight excluding hydrogens is 309 g/mol. The number of nitriles is 1. The van der Waals surface area contributed by atoms with Gasteiger partial charge in [-0.1, -0.05) is 6.07 Å². The first-order chi connectivity index (χ1) is 11.7. The highest BCUT2D eigenvalue weighted by atomic mass is 19.1. The predicted octanol–water partition coefficient (Wildman–Crippen LogP) is 2.66. The fourth-order valence-electron chi connectivity index (χ4n) is 3.32. The zero-order valence-corrected chi connectivity index (χ0v) is 13.4. The van der Waals surface area contributed by atoms with Crippen molar-refractivity contribution in [3.8, 4) is 6.07 Å². The van der Waals surface area contributed by atoms with Crippen molar-refractivity contribution in [2.24, 2.45) is 0 Å². The molecule has 2 aliphatic rings. The summed E-state index contributed by atoms with van der Waals surface area (Å²) >= 11 is 0. The maximum atomic E-state index is 14.0. The number of halogens is 1. The van der Waals surface area contributed by atoms with Crippen LogP contribution in [0.25, 0.3) is 0 Å². The minimum atomic E-state index is -0.508. The van der Waals surface area contributed by atoms with E-state index in [0.717, 1.165) is 30.9 Å². The Hall–Kier alpha value is -2.46. The van der Waals surface area contributed by atoms with E-state index in [1.807, 2.05) is 11.0 Å². The summed E-state index contributed by atoms with van der Waals surface area (Å²) in [5, 5.41) is 16.7. The Morgan fingerprint density at radius 2 is 2.25 bits per heavy atom. The normalized spacial score (nSPS) is 23.5. The summed E-state index contributed by atoms with van der Waals surface area (Å²) in [6.45, 7) is 0.582. The molecule has 1 aromatic carbocycles. The molecule has 24 heavy (non-hydrogen) atoms. The van der Waals surface area contributed by atoms with Gasteiger partial charge in [0, 0.05) is 26.0 Å². The molecule has 1 saturated heterocycles. The van der Waals surface area contributed by atoms with Gasteiger partial charge in [0.05, 0.1) is 17.8 Å². The SMILES string of the molecule is CO[C@@H]1C[C@@H](c2nc(C3CC3)n[nH]2)N(c2cccc(F)c2C#N)C1. The van der Waals surface area contributed by atoms with Crippen LogP contribution in [-0.4, -0.2) is 34.9 Å². The van der Waals surface area contributed by atoms with Crippen molar-refractivity contribution >= 4 is 5.69 Å². The zero-order valence-electron chi connectivity index (χ0n) is 13.4. The van der Waals surface area contributed by atoms with Gasteiger partial charge in [-0.2, -0.15) is 10.4 Å². The molecule has 4 rings (SSSR count). The third-order valence-electron chi connectivity index (χ3n) is 4.79. The van der Waals surface area contributed by atoms with Crippen molar-refractivity contribution < 1.29 is 9.13 Å². The smallest absolute Gasteiger partial charge is 0.153 e. The highest BCUT2D eigenvalue weighted by Crippen LogP contribution is 2.41. The van der Waals surface area contributed by atoms with Crippen LogP contribution in [-0.2, 0) is 4.74 Å². The van der Waals surface area contributed by atoms with Gasteiger partial charge in [0.25, 0.3) is 0 Å². The molecule has 2 fully saturated rings. The molecule has 6 nitrogen and oxygen atoms in total. The highest BCUT2D eigenvalue weighted by molar-refractivity contribution is 5.61. The van der Waals surface area contributed by atoms with Crippen LogP contribution in [0, 0.1) is 17.1 Å². The first-order valence-electron chi connectivity index (χ1n) is 8.11. The Labute approximate surface area is 139 Å². The molecule has 0 spiro atoms. The van der Waals surface area contributed by atoms with Gasteiger partial charge in [-0.25, -0.2) is 9.37 Å². The average molecular weight is 327 g/mol. The zero-order chi connectivity index (χ0) is 16.7. The molecule has 124 valence electrons. The molecule has 0 amide bonds. The van der Waals surface area contributed by atoms with E-state index in [9.17, 15) is 9.65 Å². The van der Waals surface area contributed by atoms with Crippen molar-refractivity contribution in [3.63, 3.8) is 0 Å². The fourth-order valence-corrected chi connectivity index (χ4v) is 3.32. The number of ether oxygens (including phenoxy) is 1. The Bertz CT molecular complexity index is 795. The molecule has 0 bridgehead atoms. The van der Waals surface area contributed by atoms with E-state index in [-0.39, 0.29) is 17.7 Å².